The zero-order chi connectivity index (χ0) is 15.4. The number of hydrogen-bond acceptors (Lipinski definition) is 3. The average Bonchev–Trinajstić information content (AvgIpc) is 2.85. The maximum atomic E-state index is 5.72. The molecule has 0 fully saturated rings. The highest BCUT2D eigenvalue weighted by Gasteiger charge is 2.09. The fraction of sp³-hybridized carbons (Fsp3) is 0.188. The maximum absolute atomic E-state index is 5.72. The van der Waals surface area contributed by atoms with Gasteiger partial charge in [0, 0.05) is 16.8 Å². The van der Waals surface area contributed by atoms with Gasteiger partial charge in [0.05, 0.1) is 11.8 Å². The van der Waals surface area contributed by atoms with Gasteiger partial charge in [-0.15, -0.1) is 0 Å². The summed E-state index contributed by atoms with van der Waals surface area (Å²) in [4.78, 5) is 0.609. The molecular weight excluding hydrogens is 306 g/mol. The van der Waals surface area contributed by atoms with Crippen LogP contribution in [0.4, 0.5) is 5.69 Å². The molecule has 1 aromatic heterocycles. The normalized spacial score (nSPS) is 10.2. The molecule has 0 unspecified atom stereocenters. The second kappa shape index (κ2) is 6.78. The molecule has 5 heteroatoms. The summed E-state index contributed by atoms with van der Waals surface area (Å²) in [6, 6.07) is 7.63. The number of hydrogen-bond donors (Lipinski definition) is 1. The summed E-state index contributed by atoms with van der Waals surface area (Å²) in [5.74, 6) is 1.53. The lowest BCUT2D eigenvalue weighted by atomic mass is 10.2. The van der Waals surface area contributed by atoms with Gasteiger partial charge in [-0.05, 0) is 31.5 Å². The van der Waals surface area contributed by atoms with Gasteiger partial charge >= 0.3 is 0 Å². The molecule has 0 aliphatic rings. The minimum atomic E-state index is 0.275. The van der Waals surface area contributed by atoms with Crippen LogP contribution >= 0.6 is 23.8 Å². The van der Waals surface area contributed by atoms with E-state index in [9.17, 15) is 0 Å². The standard InChI is InChI=1S/C16H16ClNO2S/c1-10-4-5-13(8-15(10)20-9-11(2)17)18-16(21)14-6-7-19-12(14)3/h4-8H,2,9H2,1,3H3,(H,18,21). The van der Waals surface area contributed by atoms with Crippen LogP contribution in [0.1, 0.15) is 16.9 Å². The molecule has 0 atom stereocenters. The minimum Gasteiger partial charge on any atom is -0.488 e. The van der Waals surface area contributed by atoms with Crippen molar-refractivity contribution in [2.45, 2.75) is 13.8 Å². The largest absolute Gasteiger partial charge is 0.488 e. The van der Waals surface area contributed by atoms with Crippen LogP contribution < -0.4 is 10.1 Å². The summed E-state index contributed by atoms with van der Waals surface area (Å²) in [5.41, 5.74) is 2.74. The first-order valence-corrected chi connectivity index (χ1v) is 7.18. The Bertz CT molecular complexity index is 679. The summed E-state index contributed by atoms with van der Waals surface area (Å²) in [6.07, 6.45) is 1.62. The van der Waals surface area contributed by atoms with Crippen molar-refractivity contribution in [3.63, 3.8) is 0 Å². The van der Waals surface area contributed by atoms with Crippen molar-refractivity contribution in [3.8, 4) is 5.75 Å². The number of nitrogens with one attached hydrogen (secondary N) is 1. The Kier molecular flexibility index (Phi) is 5.04. The number of aryl methyl sites for hydroxylation is 2. The molecule has 1 N–H and O–H groups in total. The summed E-state index contributed by atoms with van der Waals surface area (Å²) in [5, 5.41) is 3.63. The molecule has 0 saturated heterocycles. The Morgan fingerprint density at radius 2 is 2.14 bits per heavy atom. The van der Waals surface area contributed by atoms with E-state index in [4.69, 9.17) is 33.0 Å². The SMILES string of the molecule is C=C(Cl)COc1cc(NC(=S)c2ccoc2C)ccc1C. The van der Waals surface area contributed by atoms with Crippen molar-refractivity contribution in [1.82, 2.24) is 0 Å². The zero-order valence-electron chi connectivity index (χ0n) is 11.9. The van der Waals surface area contributed by atoms with Crippen molar-refractivity contribution in [2.75, 3.05) is 11.9 Å². The highest BCUT2D eigenvalue weighted by Crippen LogP contribution is 2.24. The van der Waals surface area contributed by atoms with E-state index in [1.807, 2.05) is 38.1 Å². The maximum Gasteiger partial charge on any atom is 0.124 e. The molecule has 0 bridgehead atoms. The van der Waals surface area contributed by atoms with Crippen molar-refractivity contribution in [1.29, 1.82) is 0 Å². The van der Waals surface area contributed by atoms with Crippen molar-refractivity contribution < 1.29 is 9.15 Å². The number of rotatable bonds is 5. The quantitative estimate of drug-likeness (QED) is 0.801. The first-order valence-electron chi connectivity index (χ1n) is 6.39. The smallest absolute Gasteiger partial charge is 0.124 e. The predicted octanol–water partition coefficient (Wildman–Crippen LogP) is 4.82. The Labute approximate surface area is 134 Å². The highest BCUT2D eigenvalue weighted by atomic mass is 35.5. The summed E-state index contributed by atoms with van der Waals surface area (Å²) >= 11 is 11.1. The van der Waals surface area contributed by atoms with Crippen molar-refractivity contribution in [2.24, 2.45) is 0 Å². The monoisotopic (exact) mass is 321 g/mol. The van der Waals surface area contributed by atoms with E-state index in [1.165, 1.54) is 0 Å². The van der Waals surface area contributed by atoms with Crippen LogP contribution in [-0.2, 0) is 0 Å². The van der Waals surface area contributed by atoms with E-state index >= 15 is 0 Å². The van der Waals surface area contributed by atoms with E-state index in [-0.39, 0.29) is 6.61 Å². The second-order valence-electron chi connectivity index (χ2n) is 4.63. The number of thiocarbonyl (C=S) groups is 1. The number of furan rings is 1. The average molecular weight is 322 g/mol. The number of halogens is 1. The molecule has 0 aliphatic heterocycles. The van der Waals surface area contributed by atoms with Crippen LogP contribution in [0.2, 0.25) is 0 Å². The number of anilines is 1. The van der Waals surface area contributed by atoms with Gasteiger partial charge in [-0.25, -0.2) is 0 Å². The molecule has 110 valence electrons. The Morgan fingerprint density at radius 1 is 1.38 bits per heavy atom. The molecule has 0 radical (unpaired) electrons. The first kappa shape index (κ1) is 15.6. The summed E-state index contributed by atoms with van der Waals surface area (Å²) < 4.78 is 10.9. The van der Waals surface area contributed by atoms with E-state index in [0.717, 1.165) is 28.3 Å². The minimum absolute atomic E-state index is 0.275. The van der Waals surface area contributed by atoms with Gasteiger partial charge in [0.2, 0.25) is 0 Å². The van der Waals surface area contributed by atoms with Gasteiger partial charge in [0.25, 0.3) is 0 Å². The van der Waals surface area contributed by atoms with Gasteiger partial charge in [0.1, 0.15) is 23.1 Å². The van der Waals surface area contributed by atoms with Crippen LogP contribution in [0.15, 0.2) is 46.6 Å². The van der Waals surface area contributed by atoms with Crippen LogP contribution in [0.25, 0.3) is 0 Å². The Hall–Kier alpha value is -1.78. The predicted molar refractivity (Wildman–Crippen MR) is 90.4 cm³/mol. The molecule has 21 heavy (non-hydrogen) atoms. The topological polar surface area (TPSA) is 34.4 Å². The van der Waals surface area contributed by atoms with Crippen LogP contribution in [0.3, 0.4) is 0 Å². The van der Waals surface area contributed by atoms with Crippen molar-refractivity contribution >= 4 is 34.5 Å². The van der Waals surface area contributed by atoms with Crippen LogP contribution in [0.5, 0.6) is 5.75 Å². The molecule has 1 aromatic carbocycles. The van der Waals surface area contributed by atoms with Gasteiger partial charge in [-0.1, -0.05) is 36.5 Å². The molecular formula is C16H16ClNO2S. The van der Waals surface area contributed by atoms with Gasteiger partial charge in [-0.3, -0.25) is 0 Å². The van der Waals surface area contributed by atoms with Crippen LogP contribution in [0, 0.1) is 13.8 Å². The van der Waals surface area contributed by atoms with Gasteiger partial charge in [-0.2, -0.15) is 0 Å². The Morgan fingerprint density at radius 3 is 2.76 bits per heavy atom. The molecule has 2 aromatic rings. The summed E-state index contributed by atoms with van der Waals surface area (Å²) in [7, 11) is 0. The van der Waals surface area contributed by atoms with Crippen molar-refractivity contribution in [3.05, 3.63) is 59.0 Å². The lowest BCUT2D eigenvalue weighted by Crippen LogP contribution is -2.11. The zero-order valence-corrected chi connectivity index (χ0v) is 13.5. The second-order valence-corrected chi connectivity index (χ2v) is 5.57. The third-order valence-electron chi connectivity index (χ3n) is 2.93. The van der Waals surface area contributed by atoms with E-state index in [1.54, 1.807) is 6.26 Å². The highest BCUT2D eigenvalue weighted by molar-refractivity contribution is 7.81. The van der Waals surface area contributed by atoms with E-state index < -0.39 is 0 Å². The third kappa shape index (κ3) is 4.09. The molecule has 3 nitrogen and oxygen atoms in total. The van der Waals surface area contributed by atoms with Gasteiger partial charge in [0.15, 0.2) is 0 Å². The first-order chi connectivity index (χ1) is 9.97. The molecule has 0 spiro atoms. The molecule has 0 saturated carbocycles. The fourth-order valence-corrected chi connectivity index (χ4v) is 2.19. The van der Waals surface area contributed by atoms with E-state index in [0.29, 0.717) is 10.0 Å². The van der Waals surface area contributed by atoms with E-state index in [2.05, 4.69) is 11.9 Å². The molecule has 1 heterocycles. The lowest BCUT2D eigenvalue weighted by molar-refractivity contribution is 0.357. The molecule has 0 aliphatic carbocycles. The number of benzene rings is 1. The van der Waals surface area contributed by atoms with Crippen LogP contribution in [-0.4, -0.2) is 11.6 Å². The Balaban J connectivity index is 2.13. The van der Waals surface area contributed by atoms with Gasteiger partial charge < -0.3 is 14.5 Å². The molecule has 2 rings (SSSR count). The summed E-state index contributed by atoms with van der Waals surface area (Å²) in [6.45, 7) is 7.72. The third-order valence-corrected chi connectivity index (χ3v) is 3.36. The number of ether oxygens (including phenoxy) is 1. The molecule has 0 amide bonds. The lowest BCUT2D eigenvalue weighted by Gasteiger charge is -2.12. The fourth-order valence-electron chi connectivity index (χ4n) is 1.81.